The Labute approximate surface area is 158 Å². The van der Waals surface area contributed by atoms with Crippen LogP contribution in [-0.2, 0) is 0 Å². The molecular formula is C18H27N7O2. The number of nitrogens with one attached hydrogen (secondary N) is 1. The molecule has 0 radical (unpaired) electrons. The summed E-state index contributed by atoms with van der Waals surface area (Å²) in [5.41, 5.74) is 6.26. The van der Waals surface area contributed by atoms with E-state index in [1.807, 2.05) is 13.8 Å². The molecule has 2 aliphatic rings. The lowest BCUT2D eigenvalue weighted by Gasteiger charge is -2.25. The second-order valence-electron chi connectivity index (χ2n) is 8.11. The van der Waals surface area contributed by atoms with E-state index in [9.17, 15) is 4.79 Å². The SMILES string of the molecule is CC(C)[C@@H](NC(=O)c1cn(C2CCC(N)CC2)nn1)c1nc(C2CC2)no1. The Morgan fingerprint density at radius 1 is 1.26 bits per heavy atom. The van der Waals surface area contributed by atoms with Crippen molar-refractivity contribution in [3.63, 3.8) is 0 Å². The third-order valence-electron chi connectivity index (χ3n) is 5.48. The Bertz CT molecular complexity index is 787. The Morgan fingerprint density at radius 3 is 2.67 bits per heavy atom. The Kier molecular flexibility index (Phi) is 4.94. The monoisotopic (exact) mass is 373 g/mol. The quantitative estimate of drug-likeness (QED) is 0.794. The minimum absolute atomic E-state index is 0.108. The first-order valence-corrected chi connectivity index (χ1v) is 9.83. The zero-order valence-corrected chi connectivity index (χ0v) is 15.8. The molecule has 4 rings (SSSR count). The molecule has 0 saturated heterocycles. The molecule has 3 N–H and O–H groups in total. The van der Waals surface area contributed by atoms with Crippen LogP contribution in [0.4, 0.5) is 0 Å². The summed E-state index contributed by atoms with van der Waals surface area (Å²) in [4.78, 5) is 17.2. The molecule has 2 aliphatic carbocycles. The van der Waals surface area contributed by atoms with Crippen LogP contribution in [0, 0.1) is 5.92 Å². The molecule has 146 valence electrons. The van der Waals surface area contributed by atoms with Gasteiger partial charge >= 0.3 is 0 Å². The van der Waals surface area contributed by atoms with Crippen molar-refractivity contribution < 1.29 is 9.32 Å². The van der Waals surface area contributed by atoms with Crippen molar-refractivity contribution in [1.29, 1.82) is 0 Å². The van der Waals surface area contributed by atoms with Gasteiger partial charge in [0.05, 0.1) is 12.2 Å². The average Bonchev–Trinajstić information content (AvgIpc) is 3.18. The van der Waals surface area contributed by atoms with Crippen LogP contribution in [0.25, 0.3) is 0 Å². The second-order valence-corrected chi connectivity index (χ2v) is 8.11. The van der Waals surface area contributed by atoms with E-state index in [2.05, 4.69) is 25.8 Å². The maximum atomic E-state index is 12.7. The summed E-state index contributed by atoms with van der Waals surface area (Å²) in [7, 11) is 0. The highest BCUT2D eigenvalue weighted by Crippen LogP contribution is 2.38. The van der Waals surface area contributed by atoms with Crippen LogP contribution >= 0.6 is 0 Å². The molecule has 9 nitrogen and oxygen atoms in total. The van der Waals surface area contributed by atoms with Gasteiger partial charge in [-0.05, 0) is 44.4 Å². The molecule has 0 unspecified atom stereocenters. The van der Waals surface area contributed by atoms with Crippen molar-refractivity contribution in [3.8, 4) is 0 Å². The van der Waals surface area contributed by atoms with Crippen molar-refractivity contribution in [2.45, 2.75) is 76.4 Å². The van der Waals surface area contributed by atoms with E-state index >= 15 is 0 Å². The highest BCUT2D eigenvalue weighted by atomic mass is 16.5. The zero-order valence-electron chi connectivity index (χ0n) is 15.8. The third kappa shape index (κ3) is 4.02. The normalized spacial score (nSPS) is 24.1. The molecule has 2 saturated carbocycles. The van der Waals surface area contributed by atoms with E-state index in [-0.39, 0.29) is 30.0 Å². The van der Waals surface area contributed by atoms with Gasteiger partial charge in [0.1, 0.15) is 6.04 Å². The number of carbonyl (C=O) groups excluding carboxylic acids is 1. The van der Waals surface area contributed by atoms with E-state index in [1.54, 1.807) is 10.9 Å². The van der Waals surface area contributed by atoms with Gasteiger partial charge in [0.15, 0.2) is 11.5 Å². The minimum atomic E-state index is -0.352. The van der Waals surface area contributed by atoms with Gasteiger partial charge in [-0.3, -0.25) is 4.79 Å². The summed E-state index contributed by atoms with van der Waals surface area (Å²) in [5.74, 6) is 1.43. The number of carbonyl (C=O) groups is 1. The number of aromatic nitrogens is 5. The highest BCUT2D eigenvalue weighted by Gasteiger charge is 2.32. The summed E-state index contributed by atoms with van der Waals surface area (Å²) in [6.07, 6.45) is 7.81. The van der Waals surface area contributed by atoms with Gasteiger partial charge in [0.25, 0.3) is 5.91 Å². The molecular weight excluding hydrogens is 346 g/mol. The lowest BCUT2D eigenvalue weighted by Crippen LogP contribution is -2.32. The predicted molar refractivity (Wildman–Crippen MR) is 96.8 cm³/mol. The van der Waals surface area contributed by atoms with E-state index in [0.29, 0.717) is 17.5 Å². The molecule has 0 aliphatic heterocycles. The van der Waals surface area contributed by atoms with E-state index in [0.717, 1.165) is 44.3 Å². The standard InChI is InChI=1S/C18H27N7O2/c1-10(2)15(18-21-16(23-27-18)11-3-4-11)20-17(26)14-9-25(24-22-14)13-7-5-12(19)6-8-13/h9-13,15H,3-8,19H2,1-2H3,(H,20,26)/t12?,13?,15-/m1/s1. The Balaban J connectivity index is 1.43. The summed E-state index contributed by atoms with van der Waals surface area (Å²) < 4.78 is 7.20. The van der Waals surface area contributed by atoms with Crippen LogP contribution in [0.1, 0.15) is 92.6 Å². The summed E-state index contributed by atoms with van der Waals surface area (Å²) in [5, 5.41) is 15.3. The second kappa shape index (κ2) is 7.38. The van der Waals surface area contributed by atoms with Crippen molar-refractivity contribution in [2.24, 2.45) is 11.7 Å². The van der Waals surface area contributed by atoms with Gasteiger partial charge in [-0.25, -0.2) is 4.68 Å². The third-order valence-corrected chi connectivity index (χ3v) is 5.48. The van der Waals surface area contributed by atoms with Crippen LogP contribution in [0.15, 0.2) is 10.7 Å². The maximum Gasteiger partial charge on any atom is 0.274 e. The molecule has 0 aromatic carbocycles. The first-order valence-electron chi connectivity index (χ1n) is 9.83. The van der Waals surface area contributed by atoms with E-state index in [4.69, 9.17) is 10.3 Å². The van der Waals surface area contributed by atoms with Crippen LogP contribution in [-0.4, -0.2) is 37.1 Å². The smallest absolute Gasteiger partial charge is 0.274 e. The zero-order chi connectivity index (χ0) is 19.0. The van der Waals surface area contributed by atoms with Gasteiger partial charge in [0.2, 0.25) is 5.89 Å². The molecule has 9 heteroatoms. The number of rotatable bonds is 6. The fraction of sp³-hybridized carbons (Fsp3) is 0.722. The molecule has 2 aromatic heterocycles. The number of amides is 1. The van der Waals surface area contributed by atoms with Crippen molar-refractivity contribution in [2.75, 3.05) is 0 Å². The Hall–Kier alpha value is -2.29. The number of hydrogen-bond donors (Lipinski definition) is 2. The fourth-order valence-electron chi connectivity index (χ4n) is 3.54. The topological polar surface area (TPSA) is 125 Å². The molecule has 1 amide bonds. The van der Waals surface area contributed by atoms with E-state index < -0.39 is 0 Å². The molecule has 0 spiro atoms. The van der Waals surface area contributed by atoms with Crippen molar-refractivity contribution >= 4 is 5.91 Å². The van der Waals surface area contributed by atoms with Crippen molar-refractivity contribution in [1.82, 2.24) is 30.5 Å². The summed E-state index contributed by atoms with van der Waals surface area (Å²) >= 11 is 0. The van der Waals surface area contributed by atoms with Gasteiger partial charge in [-0.15, -0.1) is 5.10 Å². The summed E-state index contributed by atoms with van der Waals surface area (Å²) in [6, 6.07) is 0.182. The average molecular weight is 373 g/mol. The largest absolute Gasteiger partial charge is 0.339 e. The lowest BCUT2D eigenvalue weighted by atomic mass is 9.92. The molecule has 2 fully saturated rings. The maximum absolute atomic E-state index is 12.7. The molecule has 2 heterocycles. The van der Waals surface area contributed by atoms with Crippen LogP contribution in [0.2, 0.25) is 0 Å². The molecule has 0 bridgehead atoms. The van der Waals surface area contributed by atoms with E-state index in [1.165, 1.54) is 0 Å². The number of nitrogens with zero attached hydrogens (tertiary/aromatic N) is 5. The molecule has 1 atom stereocenters. The highest BCUT2D eigenvalue weighted by molar-refractivity contribution is 5.92. The first kappa shape index (κ1) is 18.1. The molecule has 27 heavy (non-hydrogen) atoms. The first-order chi connectivity index (χ1) is 13.0. The Morgan fingerprint density at radius 2 is 2.00 bits per heavy atom. The van der Waals surface area contributed by atoms with Gasteiger partial charge in [-0.2, -0.15) is 4.98 Å². The van der Waals surface area contributed by atoms with Gasteiger partial charge < -0.3 is 15.6 Å². The minimum Gasteiger partial charge on any atom is -0.339 e. The number of hydrogen-bond acceptors (Lipinski definition) is 7. The lowest BCUT2D eigenvalue weighted by molar-refractivity contribution is 0.0908. The fourth-order valence-corrected chi connectivity index (χ4v) is 3.54. The van der Waals surface area contributed by atoms with Gasteiger partial charge in [-0.1, -0.05) is 24.2 Å². The van der Waals surface area contributed by atoms with Crippen molar-refractivity contribution in [3.05, 3.63) is 23.6 Å². The van der Waals surface area contributed by atoms with Gasteiger partial charge in [0, 0.05) is 12.0 Å². The number of nitrogens with two attached hydrogens (primary N) is 1. The van der Waals surface area contributed by atoms with Crippen LogP contribution in [0.3, 0.4) is 0 Å². The van der Waals surface area contributed by atoms with Crippen LogP contribution < -0.4 is 11.1 Å². The summed E-state index contributed by atoms with van der Waals surface area (Å²) in [6.45, 7) is 4.02. The predicted octanol–water partition coefficient (Wildman–Crippen LogP) is 2.11. The molecule has 2 aromatic rings. The van der Waals surface area contributed by atoms with Crippen LogP contribution in [0.5, 0.6) is 0 Å².